The lowest BCUT2D eigenvalue weighted by Gasteiger charge is -2.06. The number of benzene rings is 1. The number of nitrogens with zero attached hydrogens (tertiary/aromatic N) is 4. The van der Waals surface area contributed by atoms with Gasteiger partial charge in [-0.1, -0.05) is 0 Å². The third-order valence-corrected chi connectivity index (χ3v) is 3.10. The number of carbonyl (C=O) groups is 1. The molecule has 0 atom stereocenters. The molecule has 2 aromatic heterocycles. The van der Waals surface area contributed by atoms with E-state index >= 15 is 0 Å². The minimum absolute atomic E-state index is 0.0862. The Kier molecular flexibility index (Phi) is 2.95. The average Bonchev–Trinajstić information content (AvgIpc) is 2.92. The summed E-state index contributed by atoms with van der Waals surface area (Å²) in [6.45, 7) is 0. The van der Waals surface area contributed by atoms with Gasteiger partial charge in [-0.25, -0.2) is 9.78 Å². The van der Waals surface area contributed by atoms with E-state index in [0.29, 0.717) is 5.69 Å². The van der Waals surface area contributed by atoms with Crippen LogP contribution in [0.15, 0.2) is 47.5 Å². The minimum atomic E-state index is -1.37. The zero-order valence-corrected chi connectivity index (χ0v) is 10.9. The summed E-state index contributed by atoms with van der Waals surface area (Å²) in [6.07, 6.45) is 2.52. The van der Waals surface area contributed by atoms with Crippen molar-refractivity contribution in [3.05, 3.63) is 68.8 Å². The number of rotatable bonds is 3. The molecule has 9 heteroatoms. The second-order valence-electron chi connectivity index (χ2n) is 4.39. The van der Waals surface area contributed by atoms with Crippen molar-refractivity contribution in [1.29, 1.82) is 0 Å². The molecule has 0 unspecified atom stereocenters. The van der Waals surface area contributed by atoms with Crippen LogP contribution in [0.5, 0.6) is 0 Å². The largest absolute Gasteiger partial charge is 0.477 e. The number of carboxylic acids is 1. The van der Waals surface area contributed by atoms with Crippen LogP contribution in [0.25, 0.3) is 11.3 Å². The molecular formula is C13H8N4O5. The molecule has 1 aromatic carbocycles. The first-order valence-electron chi connectivity index (χ1n) is 6.06. The second kappa shape index (κ2) is 4.81. The first kappa shape index (κ1) is 13.5. The van der Waals surface area contributed by atoms with Crippen molar-refractivity contribution in [3.8, 4) is 5.69 Å². The molecule has 3 aromatic rings. The van der Waals surface area contributed by atoms with Crippen LogP contribution in [0.3, 0.4) is 0 Å². The monoisotopic (exact) mass is 300 g/mol. The Morgan fingerprint density at radius 2 is 1.91 bits per heavy atom. The van der Waals surface area contributed by atoms with E-state index in [9.17, 15) is 19.7 Å². The number of aromatic nitrogens is 3. The Morgan fingerprint density at radius 1 is 1.23 bits per heavy atom. The van der Waals surface area contributed by atoms with Crippen LogP contribution in [0.1, 0.15) is 10.4 Å². The predicted molar refractivity (Wildman–Crippen MR) is 74.4 cm³/mol. The van der Waals surface area contributed by atoms with E-state index in [0.717, 1.165) is 10.7 Å². The van der Waals surface area contributed by atoms with Crippen molar-refractivity contribution >= 4 is 17.3 Å². The van der Waals surface area contributed by atoms with Gasteiger partial charge in [0, 0.05) is 30.6 Å². The van der Waals surface area contributed by atoms with Gasteiger partial charge in [-0.05, 0) is 12.1 Å². The molecule has 0 radical (unpaired) electrons. The van der Waals surface area contributed by atoms with Crippen molar-refractivity contribution in [2.45, 2.75) is 0 Å². The van der Waals surface area contributed by atoms with E-state index < -0.39 is 22.0 Å². The highest BCUT2D eigenvalue weighted by molar-refractivity contribution is 5.86. The summed E-state index contributed by atoms with van der Waals surface area (Å²) in [4.78, 5) is 37.3. The molecule has 0 bridgehead atoms. The van der Waals surface area contributed by atoms with Crippen molar-refractivity contribution in [2.24, 2.45) is 0 Å². The smallest absolute Gasteiger partial charge is 0.343 e. The lowest BCUT2D eigenvalue weighted by Crippen LogP contribution is -2.26. The first-order valence-corrected chi connectivity index (χ1v) is 6.06. The van der Waals surface area contributed by atoms with E-state index in [1.54, 1.807) is 0 Å². The van der Waals surface area contributed by atoms with Gasteiger partial charge in [0.2, 0.25) is 0 Å². The summed E-state index contributed by atoms with van der Waals surface area (Å²) < 4.78 is 2.46. The Balaban J connectivity index is 2.23. The SMILES string of the molecule is O=C(O)c1cnc2ccn(-c3ccc([N+](=O)[O-])cc3)n2c1=O. The van der Waals surface area contributed by atoms with Crippen LogP contribution in [0.4, 0.5) is 5.69 Å². The molecule has 0 amide bonds. The molecule has 2 heterocycles. The van der Waals surface area contributed by atoms with Gasteiger partial charge in [-0.3, -0.25) is 19.6 Å². The van der Waals surface area contributed by atoms with Gasteiger partial charge in [-0.2, -0.15) is 4.52 Å². The van der Waals surface area contributed by atoms with E-state index in [-0.39, 0.29) is 11.3 Å². The van der Waals surface area contributed by atoms with Crippen LogP contribution in [0.2, 0.25) is 0 Å². The van der Waals surface area contributed by atoms with E-state index in [1.807, 2.05) is 0 Å². The quantitative estimate of drug-likeness (QED) is 0.571. The number of non-ortho nitro benzene ring substituents is 1. The number of nitro groups is 1. The Hall–Kier alpha value is -3.49. The summed E-state index contributed by atoms with van der Waals surface area (Å²) in [5.74, 6) is -1.37. The van der Waals surface area contributed by atoms with E-state index in [1.165, 1.54) is 41.2 Å². The third-order valence-electron chi connectivity index (χ3n) is 3.10. The topological polar surface area (TPSA) is 120 Å². The van der Waals surface area contributed by atoms with E-state index in [2.05, 4.69) is 4.98 Å². The molecule has 0 aliphatic heterocycles. The fourth-order valence-electron chi connectivity index (χ4n) is 2.06. The molecule has 0 aliphatic rings. The summed E-state index contributed by atoms with van der Waals surface area (Å²) in [6, 6.07) is 7.03. The van der Waals surface area contributed by atoms with Gasteiger partial charge >= 0.3 is 5.97 Å². The van der Waals surface area contributed by atoms with Crippen molar-refractivity contribution in [1.82, 2.24) is 14.2 Å². The predicted octanol–water partition coefficient (Wildman–Crippen LogP) is 1.09. The lowest BCUT2D eigenvalue weighted by atomic mass is 10.3. The Labute approximate surface area is 121 Å². The van der Waals surface area contributed by atoms with Gasteiger partial charge in [0.15, 0.2) is 5.65 Å². The van der Waals surface area contributed by atoms with Crippen LogP contribution < -0.4 is 5.56 Å². The number of hydrogen-bond acceptors (Lipinski definition) is 5. The maximum absolute atomic E-state index is 12.2. The van der Waals surface area contributed by atoms with Gasteiger partial charge < -0.3 is 5.11 Å². The van der Waals surface area contributed by atoms with Gasteiger partial charge in [0.25, 0.3) is 11.2 Å². The molecule has 0 spiro atoms. The fraction of sp³-hybridized carbons (Fsp3) is 0. The lowest BCUT2D eigenvalue weighted by molar-refractivity contribution is -0.384. The molecular weight excluding hydrogens is 292 g/mol. The Bertz CT molecular complexity index is 955. The summed E-state index contributed by atoms with van der Waals surface area (Å²) in [7, 11) is 0. The van der Waals surface area contributed by atoms with Crippen molar-refractivity contribution in [2.75, 3.05) is 0 Å². The highest BCUT2D eigenvalue weighted by Crippen LogP contribution is 2.15. The maximum atomic E-state index is 12.2. The van der Waals surface area contributed by atoms with E-state index in [4.69, 9.17) is 5.11 Å². The van der Waals surface area contributed by atoms with Crippen LogP contribution >= 0.6 is 0 Å². The van der Waals surface area contributed by atoms with Gasteiger partial charge in [-0.15, -0.1) is 0 Å². The van der Waals surface area contributed by atoms with Crippen LogP contribution in [0, 0.1) is 10.1 Å². The molecule has 22 heavy (non-hydrogen) atoms. The van der Waals surface area contributed by atoms with Crippen LogP contribution in [-0.4, -0.2) is 30.2 Å². The number of aromatic carboxylic acids is 1. The average molecular weight is 300 g/mol. The minimum Gasteiger partial charge on any atom is -0.477 e. The number of nitro benzene ring substituents is 1. The van der Waals surface area contributed by atoms with Gasteiger partial charge in [0.05, 0.1) is 10.6 Å². The highest BCUT2D eigenvalue weighted by atomic mass is 16.6. The number of fused-ring (bicyclic) bond motifs is 1. The summed E-state index contributed by atoms with van der Waals surface area (Å²) in [5, 5.41) is 19.6. The third kappa shape index (κ3) is 2.00. The maximum Gasteiger partial charge on any atom is 0.343 e. The zero-order valence-electron chi connectivity index (χ0n) is 10.9. The van der Waals surface area contributed by atoms with Crippen LogP contribution in [-0.2, 0) is 0 Å². The molecule has 110 valence electrons. The molecule has 0 saturated carbocycles. The summed E-state index contributed by atoms with van der Waals surface area (Å²) >= 11 is 0. The standard InChI is InChI=1S/C13H8N4O5/c18-12-10(13(19)20)7-14-11-5-6-15(16(11)12)8-1-3-9(4-2-8)17(21)22/h1-7H,(H,19,20). The second-order valence-corrected chi connectivity index (χ2v) is 4.39. The zero-order chi connectivity index (χ0) is 15.9. The normalized spacial score (nSPS) is 10.7. The molecule has 0 saturated heterocycles. The molecule has 1 N–H and O–H groups in total. The molecule has 0 aliphatic carbocycles. The molecule has 0 fully saturated rings. The first-order chi connectivity index (χ1) is 10.5. The Morgan fingerprint density at radius 3 is 2.50 bits per heavy atom. The van der Waals surface area contributed by atoms with Gasteiger partial charge in [0.1, 0.15) is 5.56 Å². The molecule has 3 rings (SSSR count). The van der Waals surface area contributed by atoms with Crippen molar-refractivity contribution < 1.29 is 14.8 Å². The fourth-order valence-corrected chi connectivity index (χ4v) is 2.06. The molecule has 9 nitrogen and oxygen atoms in total. The number of carboxylic acid groups (broad SMARTS) is 1. The summed E-state index contributed by atoms with van der Waals surface area (Å²) in [5.41, 5.74) is -0.544. The van der Waals surface area contributed by atoms with Crippen molar-refractivity contribution in [3.63, 3.8) is 0 Å². The highest BCUT2D eigenvalue weighted by Gasteiger charge is 2.15. The number of hydrogen-bond donors (Lipinski definition) is 1.